The number of nitrogens with one attached hydrogen (secondary N) is 2. The van der Waals surface area contributed by atoms with Gasteiger partial charge in [0.15, 0.2) is 17.0 Å². The second-order valence-corrected chi connectivity index (χ2v) is 8.86. The number of hydrogen-bond acceptors (Lipinski definition) is 6. The predicted octanol–water partition coefficient (Wildman–Crippen LogP) is 1.80. The van der Waals surface area contributed by atoms with Gasteiger partial charge in [0.2, 0.25) is 11.7 Å². The number of anilines is 1. The number of carbonyl (C=O) groups is 2. The highest BCUT2D eigenvalue weighted by molar-refractivity contribution is 5.96. The van der Waals surface area contributed by atoms with E-state index in [1.165, 1.54) is 19.2 Å². The van der Waals surface area contributed by atoms with E-state index in [0.29, 0.717) is 41.8 Å². The summed E-state index contributed by atoms with van der Waals surface area (Å²) in [7, 11) is 0. The number of nitrogens with zero attached hydrogens (tertiary/aromatic N) is 5. The average molecular weight is 412 g/mol. The van der Waals surface area contributed by atoms with Crippen LogP contribution in [0.3, 0.4) is 0 Å². The lowest BCUT2D eigenvalue weighted by molar-refractivity contribution is -0.131. The number of likely N-dealkylation sites (tertiary alicyclic amines) is 1. The molecule has 0 spiro atoms. The average Bonchev–Trinajstić information content (AvgIpc) is 3.66. The molecule has 160 valence electrons. The first-order valence-corrected chi connectivity index (χ1v) is 11.1. The molecule has 30 heavy (non-hydrogen) atoms. The Morgan fingerprint density at radius 3 is 2.70 bits per heavy atom. The van der Waals surface area contributed by atoms with E-state index >= 15 is 0 Å². The Balaban J connectivity index is 1.36. The number of imidazole rings is 1. The Hall–Kier alpha value is -2.71. The van der Waals surface area contributed by atoms with Gasteiger partial charge in [-0.2, -0.15) is 0 Å². The molecule has 0 radical (unpaired) electrons. The third-order valence-corrected chi connectivity index (χ3v) is 6.51. The van der Waals surface area contributed by atoms with Gasteiger partial charge in [-0.25, -0.2) is 15.0 Å². The Morgan fingerprint density at radius 1 is 1.20 bits per heavy atom. The van der Waals surface area contributed by atoms with Crippen LogP contribution in [0.15, 0.2) is 6.33 Å². The van der Waals surface area contributed by atoms with Crippen molar-refractivity contribution in [2.45, 2.75) is 64.6 Å². The molecule has 1 aliphatic heterocycles. The van der Waals surface area contributed by atoms with E-state index in [1.54, 1.807) is 0 Å². The van der Waals surface area contributed by atoms with E-state index < -0.39 is 0 Å². The van der Waals surface area contributed by atoms with Crippen LogP contribution in [0.5, 0.6) is 0 Å². The highest BCUT2D eigenvalue weighted by atomic mass is 16.2. The summed E-state index contributed by atoms with van der Waals surface area (Å²) in [4.78, 5) is 40.6. The van der Waals surface area contributed by atoms with Gasteiger partial charge in [0.25, 0.3) is 5.91 Å². The van der Waals surface area contributed by atoms with Gasteiger partial charge in [0.05, 0.1) is 0 Å². The molecule has 2 amide bonds. The summed E-state index contributed by atoms with van der Waals surface area (Å²) >= 11 is 0. The smallest absolute Gasteiger partial charge is 0.287 e. The van der Waals surface area contributed by atoms with Gasteiger partial charge in [-0.05, 0) is 51.9 Å². The summed E-state index contributed by atoms with van der Waals surface area (Å²) in [5, 5.41) is 6.53. The second kappa shape index (κ2) is 7.52. The van der Waals surface area contributed by atoms with E-state index in [4.69, 9.17) is 0 Å². The molecule has 2 saturated carbocycles. The molecule has 2 N–H and O–H groups in total. The van der Waals surface area contributed by atoms with Gasteiger partial charge >= 0.3 is 0 Å². The Kier molecular flexibility index (Phi) is 4.83. The lowest BCUT2D eigenvalue weighted by atomic mass is 10.2. The van der Waals surface area contributed by atoms with Crippen molar-refractivity contribution in [3.05, 3.63) is 12.2 Å². The summed E-state index contributed by atoms with van der Waals surface area (Å²) in [6, 6.07) is 0.282. The molecule has 1 saturated heterocycles. The Labute approximate surface area is 175 Å². The Morgan fingerprint density at radius 2 is 2.00 bits per heavy atom. The maximum absolute atomic E-state index is 12.9. The molecule has 9 nitrogen and oxygen atoms in total. The van der Waals surface area contributed by atoms with Crippen molar-refractivity contribution in [2.75, 3.05) is 18.4 Å². The summed E-state index contributed by atoms with van der Waals surface area (Å²) < 4.78 is 1.84. The number of aromatic nitrogens is 4. The maximum Gasteiger partial charge on any atom is 0.287 e. The minimum Gasteiger partial charge on any atom is -0.364 e. The van der Waals surface area contributed by atoms with E-state index in [9.17, 15) is 9.59 Å². The van der Waals surface area contributed by atoms with Crippen LogP contribution >= 0.6 is 0 Å². The van der Waals surface area contributed by atoms with Gasteiger partial charge in [-0.1, -0.05) is 0 Å². The first kappa shape index (κ1) is 19.3. The van der Waals surface area contributed by atoms with Crippen molar-refractivity contribution in [3.8, 4) is 0 Å². The first-order chi connectivity index (χ1) is 14.5. The van der Waals surface area contributed by atoms with Crippen LogP contribution in [-0.4, -0.2) is 61.4 Å². The number of hydrogen-bond donors (Lipinski definition) is 2. The van der Waals surface area contributed by atoms with Crippen molar-refractivity contribution in [3.63, 3.8) is 0 Å². The maximum atomic E-state index is 12.9. The van der Waals surface area contributed by atoms with E-state index in [1.807, 2.05) is 16.4 Å². The van der Waals surface area contributed by atoms with E-state index in [2.05, 4.69) is 32.5 Å². The molecule has 5 rings (SSSR count). The summed E-state index contributed by atoms with van der Waals surface area (Å²) in [6.45, 7) is 6.09. The first-order valence-electron chi connectivity index (χ1n) is 11.1. The van der Waals surface area contributed by atoms with Crippen LogP contribution in [0.1, 0.15) is 56.6 Å². The van der Waals surface area contributed by atoms with Crippen LogP contribution in [0, 0.1) is 11.8 Å². The summed E-state index contributed by atoms with van der Waals surface area (Å²) in [5.74, 6) is 1.94. The highest BCUT2D eigenvalue weighted by Crippen LogP contribution is 2.33. The number of amides is 2. The molecule has 9 heteroatoms. The molecule has 3 aliphatic rings. The second-order valence-electron chi connectivity index (χ2n) is 8.86. The highest BCUT2D eigenvalue weighted by Gasteiger charge is 2.37. The van der Waals surface area contributed by atoms with Crippen LogP contribution in [0.2, 0.25) is 0 Å². The summed E-state index contributed by atoms with van der Waals surface area (Å²) in [5.41, 5.74) is 1.26. The van der Waals surface area contributed by atoms with E-state index in [-0.39, 0.29) is 29.8 Å². The summed E-state index contributed by atoms with van der Waals surface area (Å²) in [6.07, 6.45) is 6.79. The molecule has 0 bridgehead atoms. The SMILES string of the molecule is CCn1c(C(=O)NC(C)C2CC2)nc2c(N[C@H]3CCN(C(=O)C4CC4)C3)ncnc21. The van der Waals surface area contributed by atoms with Gasteiger partial charge < -0.3 is 20.1 Å². The Bertz CT molecular complexity index is 979. The molecular weight excluding hydrogens is 382 g/mol. The molecule has 2 atom stereocenters. The van der Waals surface area contributed by atoms with Crippen LogP contribution in [0.25, 0.3) is 11.2 Å². The topological polar surface area (TPSA) is 105 Å². The van der Waals surface area contributed by atoms with Crippen LogP contribution < -0.4 is 10.6 Å². The van der Waals surface area contributed by atoms with Gasteiger partial charge in [0.1, 0.15) is 6.33 Å². The fourth-order valence-electron chi connectivity index (χ4n) is 4.36. The molecule has 2 aliphatic carbocycles. The van der Waals surface area contributed by atoms with Crippen LogP contribution in [-0.2, 0) is 11.3 Å². The standard InChI is InChI=1S/C21H29N7O2/c1-3-28-18-16(26-19(28)20(29)24-12(2)13-4-5-13)17(22-11-23-18)25-15-8-9-27(10-15)21(30)14-6-7-14/h11-15H,3-10H2,1-2H3,(H,24,29)(H,22,23,25)/t12?,15-/m0/s1. The molecule has 2 aromatic heterocycles. The van der Waals surface area contributed by atoms with Crippen molar-refractivity contribution in [1.29, 1.82) is 0 Å². The van der Waals surface area contributed by atoms with Crippen molar-refractivity contribution in [1.82, 2.24) is 29.7 Å². The molecule has 1 unspecified atom stereocenters. The zero-order valence-electron chi connectivity index (χ0n) is 17.6. The zero-order valence-corrected chi connectivity index (χ0v) is 17.6. The molecule has 3 fully saturated rings. The minimum atomic E-state index is -0.165. The largest absolute Gasteiger partial charge is 0.364 e. The lowest BCUT2D eigenvalue weighted by Gasteiger charge is -2.17. The zero-order chi connectivity index (χ0) is 20.8. The van der Waals surface area contributed by atoms with E-state index in [0.717, 1.165) is 25.8 Å². The normalized spacial score (nSPS) is 22.3. The number of fused-ring (bicyclic) bond motifs is 1. The fourth-order valence-corrected chi connectivity index (χ4v) is 4.36. The number of aryl methyl sites for hydroxylation is 1. The molecule has 3 heterocycles. The third kappa shape index (κ3) is 3.61. The van der Waals surface area contributed by atoms with Gasteiger partial charge in [0, 0.05) is 37.6 Å². The minimum absolute atomic E-state index is 0.129. The van der Waals surface area contributed by atoms with Crippen molar-refractivity contribution >= 4 is 28.8 Å². The van der Waals surface area contributed by atoms with Crippen LogP contribution in [0.4, 0.5) is 5.82 Å². The fraction of sp³-hybridized carbons (Fsp3) is 0.667. The number of carbonyl (C=O) groups excluding carboxylic acids is 2. The molecule has 0 aromatic carbocycles. The van der Waals surface area contributed by atoms with Crippen molar-refractivity contribution < 1.29 is 9.59 Å². The van der Waals surface area contributed by atoms with Gasteiger partial charge in [-0.3, -0.25) is 9.59 Å². The predicted molar refractivity (Wildman–Crippen MR) is 112 cm³/mol. The van der Waals surface area contributed by atoms with Crippen molar-refractivity contribution in [2.24, 2.45) is 11.8 Å². The monoisotopic (exact) mass is 411 g/mol. The lowest BCUT2D eigenvalue weighted by Crippen LogP contribution is -2.35. The quantitative estimate of drug-likeness (QED) is 0.720. The number of rotatable bonds is 7. The molecular formula is C21H29N7O2. The third-order valence-electron chi connectivity index (χ3n) is 6.51. The molecule has 2 aromatic rings. The van der Waals surface area contributed by atoms with Gasteiger partial charge in [-0.15, -0.1) is 0 Å².